The number of aliphatic hydroxyl groups excluding tert-OH is 2. The van der Waals surface area contributed by atoms with Crippen molar-refractivity contribution in [2.75, 3.05) is 0 Å². The molecule has 0 fully saturated rings. The van der Waals surface area contributed by atoms with E-state index in [0.717, 1.165) is 12.1 Å². The molecule has 0 aliphatic carbocycles. The molecule has 4 N–H and O–H groups in total. The molecule has 0 saturated carbocycles. The molecule has 0 amide bonds. The van der Waals surface area contributed by atoms with Crippen molar-refractivity contribution < 1.29 is 30.0 Å². The zero-order valence-corrected chi connectivity index (χ0v) is 9.91. The van der Waals surface area contributed by atoms with Crippen LogP contribution in [0.1, 0.15) is 57.9 Å². The highest BCUT2D eigenvalue weighted by atomic mass is 16.4. The summed E-state index contributed by atoms with van der Waals surface area (Å²) in [5.74, 6) is -2.57. The summed E-state index contributed by atoms with van der Waals surface area (Å²) in [7, 11) is 0. The Hall–Kier alpha value is -1.92. The lowest BCUT2D eigenvalue weighted by atomic mass is 9.90. The fourth-order valence-corrected chi connectivity index (χ4v) is 1.91. The predicted octanol–water partition coefficient (Wildman–Crippen LogP) is 1.19. The first-order valence-electron chi connectivity index (χ1n) is 5.26. The first-order valence-corrected chi connectivity index (χ1v) is 5.26. The lowest BCUT2D eigenvalue weighted by molar-refractivity contribution is 0.0669. The predicted molar refractivity (Wildman–Crippen MR) is 61.6 cm³/mol. The van der Waals surface area contributed by atoms with E-state index >= 15 is 0 Å². The molecule has 2 atom stereocenters. The highest BCUT2D eigenvalue weighted by Gasteiger charge is 2.25. The Kier molecular flexibility index (Phi) is 4.05. The van der Waals surface area contributed by atoms with E-state index in [9.17, 15) is 19.8 Å². The van der Waals surface area contributed by atoms with Crippen LogP contribution in [-0.2, 0) is 0 Å². The maximum absolute atomic E-state index is 11.0. The van der Waals surface area contributed by atoms with E-state index in [2.05, 4.69) is 0 Å². The standard InChI is InChI=1S/C12H14O6/c1-5(13)9-7(11(15)16)3-4-8(12(17)18)10(9)6(2)14/h3-6,13-14H,1-2H3,(H,15,16)(H,17,18). The third-order valence-electron chi connectivity index (χ3n) is 2.58. The number of aromatic carboxylic acids is 2. The summed E-state index contributed by atoms with van der Waals surface area (Å²) in [6.07, 6.45) is -2.39. The van der Waals surface area contributed by atoms with Crippen molar-refractivity contribution in [1.29, 1.82) is 0 Å². The van der Waals surface area contributed by atoms with Gasteiger partial charge in [-0.25, -0.2) is 9.59 Å². The Morgan fingerprint density at radius 3 is 1.33 bits per heavy atom. The van der Waals surface area contributed by atoms with Gasteiger partial charge in [-0.3, -0.25) is 0 Å². The molecule has 1 aromatic rings. The highest BCUT2D eigenvalue weighted by Crippen LogP contribution is 2.30. The van der Waals surface area contributed by atoms with Crippen LogP contribution in [0.3, 0.4) is 0 Å². The minimum absolute atomic E-state index is 0.0719. The summed E-state index contributed by atoms with van der Waals surface area (Å²) in [6, 6.07) is 2.22. The van der Waals surface area contributed by atoms with Gasteiger partial charge in [0.2, 0.25) is 0 Å². The van der Waals surface area contributed by atoms with Crippen molar-refractivity contribution in [3.63, 3.8) is 0 Å². The molecule has 18 heavy (non-hydrogen) atoms. The van der Waals surface area contributed by atoms with Gasteiger partial charge in [0.25, 0.3) is 0 Å². The molecule has 0 radical (unpaired) electrons. The van der Waals surface area contributed by atoms with Gasteiger partial charge < -0.3 is 20.4 Å². The van der Waals surface area contributed by atoms with Gasteiger partial charge in [-0.1, -0.05) is 0 Å². The Labute approximate surface area is 103 Å². The van der Waals surface area contributed by atoms with Crippen LogP contribution in [-0.4, -0.2) is 32.4 Å². The van der Waals surface area contributed by atoms with E-state index < -0.39 is 24.1 Å². The second kappa shape index (κ2) is 5.16. The molecule has 0 spiro atoms. The lowest BCUT2D eigenvalue weighted by Crippen LogP contribution is -2.15. The minimum Gasteiger partial charge on any atom is -0.478 e. The molecule has 0 bridgehead atoms. The third kappa shape index (κ3) is 2.49. The van der Waals surface area contributed by atoms with Crippen LogP contribution in [0.4, 0.5) is 0 Å². The summed E-state index contributed by atoms with van der Waals surface area (Å²) < 4.78 is 0. The SMILES string of the molecule is CC(O)c1c(C(=O)O)ccc(C(=O)O)c1C(C)O. The molecular weight excluding hydrogens is 240 g/mol. The van der Waals surface area contributed by atoms with Gasteiger partial charge in [-0.2, -0.15) is 0 Å². The summed E-state index contributed by atoms with van der Waals surface area (Å²) in [5, 5.41) is 37.3. The molecule has 0 aliphatic heterocycles. The Morgan fingerprint density at radius 2 is 1.17 bits per heavy atom. The van der Waals surface area contributed by atoms with E-state index in [4.69, 9.17) is 10.2 Å². The maximum atomic E-state index is 11.0. The topological polar surface area (TPSA) is 115 Å². The first-order chi connectivity index (χ1) is 8.27. The van der Waals surface area contributed by atoms with Gasteiger partial charge in [-0.15, -0.1) is 0 Å². The van der Waals surface area contributed by atoms with Crippen molar-refractivity contribution in [1.82, 2.24) is 0 Å². The lowest BCUT2D eigenvalue weighted by Gasteiger charge is -2.19. The summed E-state index contributed by atoms with van der Waals surface area (Å²) in [6.45, 7) is 2.64. The molecule has 0 heterocycles. The molecule has 6 heteroatoms. The number of aliphatic hydroxyl groups is 2. The number of benzene rings is 1. The van der Waals surface area contributed by atoms with Gasteiger partial charge in [0.1, 0.15) is 0 Å². The largest absolute Gasteiger partial charge is 0.478 e. The van der Waals surface area contributed by atoms with Crippen LogP contribution in [0.2, 0.25) is 0 Å². The first kappa shape index (κ1) is 14.1. The van der Waals surface area contributed by atoms with Crippen LogP contribution in [0.15, 0.2) is 12.1 Å². The fourth-order valence-electron chi connectivity index (χ4n) is 1.91. The van der Waals surface area contributed by atoms with Crippen molar-refractivity contribution in [3.05, 3.63) is 34.4 Å². The zero-order valence-electron chi connectivity index (χ0n) is 9.91. The monoisotopic (exact) mass is 254 g/mol. The Morgan fingerprint density at radius 1 is 0.889 bits per heavy atom. The number of hydrogen-bond donors (Lipinski definition) is 4. The fraction of sp³-hybridized carbons (Fsp3) is 0.333. The average molecular weight is 254 g/mol. The second-order valence-electron chi connectivity index (χ2n) is 3.95. The van der Waals surface area contributed by atoms with Gasteiger partial charge in [0.15, 0.2) is 0 Å². The van der Waals surface area contributed by atoms with E-state index in [1.807, 2.05) is 0 Å². The Bertz CT molecular complexity index is 445. The molecule has 2 unspecified atom stereocenters. The molecule has 0 aliphatic rings. The van der Waals surface area contributed by atoms with E-state index in [1.165, 1.54) is 13.8 Å². The maximum Gasteiger partial charge on any atom is 0.336 e. The second-order valence-corrected chi connectivity index (χ2v) is 3.95. The summed E-state index contributed by atoms with van der Waals surface area (Å²) in [5.41, 5.74) is -0.577. The van der Waals surface area contributed by atoms with Crippen molar-refractivity contribution in [2.24, 2.45) is 0 Å². The number of carboxylic acid groups (broad SMARTS) is 2. The zero-order chi connectivity index (χ0) is 14.0. The number of hydrogen-bond acceptors (Lipinski definition) is 4. The van der Waals surface area contributed by atoms with Crippen LogP contribution >= 0.6 is 0 Å². The normalized spacial score (nSPS) is 14.0. The molecule has 6 nitrogen and oxygen atoms in total. The van der Waals surface area contributed by atoms with Crippen LogP contribution in [0.5, 0.6) is 0 Å². The minimum atomic E-state index is -1.29. The number of rotatable bonds is 4. The third-order valence-corrected chi connectivity index (χ3v) is 2.58. The molecule has 0 aromatic heterocycles. The summed E-state index contributed by atoms with van der Waals surface area (Å²) in [4.78, 5) is 22.1. The van der Waals surface area contributed by atoms with Crippen molar-refractivity contribution >= 4 is 11.9 Å². The molecule has 0 saturated heterocycles. The number of carboxylic acids is 2. The van der Waals surface area contributed by atoms with E-state index in [0.29, 0.717) is 0 Å². The molecule has 98 valence electrons. The molecule has 1 aromatic carbocycles. The Balaban J connectivity index is 3.71. The van der Waals surface area contributed by atoms with Crippen LogP contribution in [0.25, 0.3) is 0 Å². The van der Waals surface area contributed by atoms with Gasteiger partial charge in [-0.05, 0) is 26.0 Å². The van der Waals surface area contributed by atoms with Crippen LogP contribution < -0.4 is 0 Å². The average Bonchev–Trinajstić information content (AvgIpc) is 2.26. The highest BCUT2D eigenvalue weighted by molar-refractivity contribution is 5.95. The van der Waals surface area contributed by atoms with Gasteiger partial charge in [0.05, 0.1) is 23.3 Å². The van der Waals surface area contributed by atoms with E-state index in [-0.39, 0.29) is 22.3 Å². The quantitative estimate of drug-likeness (QED) is 0.641. The smallest absolute Gasteiger partial charge is 0.336 e. The van der Waals surface area contributed by atoms with Gasteiger partial charge >= 0.3 is 11.9 Å². The van der Waals surface area contributed by atoms with Crippen LogP contribution in [0, 0.1) is 0 Å². The van der Waals surface area contributed by atoms with Crippen molar-refractivity contribution in [2.45, 2.75) is 26.1 Å². The van der Waals surface area contributed by atoms with Gasteiger partial charge in [0, 0.05) is 11.1 Å². The van der Waals surface area contributed by atoms with E-state index in [1.54, 1.807) is 0 Å². The number of carbonyl (C=O) groups is 2. The molecule has 1 rings (SSSR count). The summed E-state index contributed by atoms with van der Waals surface area (Å²) >= 11 is 0. The molecular formula is C12H14O6. The van der Waals surface area contributed by atoms with Crippen molar-refractivity contribution in [3.8, 4) is 0 Å².